The molecule has 0 radical (unpaired) electrons. The van der Waals surface area contributed by atoms with Gasteiger partial charge in [0.25, 0.3) is 0 Å². The summed E-state index contributed by atoms with van der Waals surface area (Å²) in [5.41, 5.74) is 14.0. The fraction of sp³-hybridized carbons (Fsp3) is 0.0698. The van der Waals surface area contributed by atoms with E-state index in [0.717, 1.165) is 61.1 Å². The number of nitrogens with zero attached hydrogens (tertiary/aromatic N) is 2. The average Bonchev–Trinajstić information content (AvgIpc) is 3.61. The Morgan fingerprint density at radius 3 is 1.93 bits per heavy atom. The number of fused-ring (bicyclic) bond motifs is 6. The van der Waals surface area contributed by atoms with E-state index in [1.54, 1.807) is 0 Å². The molecule has 0 aliphatic heterocycles. The van der Waals surface area contributed by atoms with Crippen molar-refractivity contribution >= 4 is 21.9 Å². The maximum atomic E-state index is 6.72. The summed E-state index contributed by atoms with van der Waals surface area (Å²) in [6.45, 7) is 4.65. The third kappa shape index (κ3) is 4.05. The van der Waals surface area contributed by atoms with Gasteiger partial charge in [0.05, 0.1) is 11.4 Å². The molecule has 0 saturated heterocycles. The summed E-state index contributed by atoms with van der Waals surface area (Å²) in [6.07, 6.45) is 0. The zero-order valence-electron chi connectivity index (χ0n) is 25.7. The topological polar surface area (TPSA) is 38.9 Å². The predicted molar refractivity (Wildman–Crippen MR) is 189 cm³/mol. The molecule has 9 rings (SSSR count). The summed E-state index contributed by atoms with van der Waals surface area (Å²) in [4.78, 5) is 10.2. The van der Waals surface area contributed by atoms with Gasteiger partial charge in [0.15, 0.2) is 5.82 Å². The van der Waals surface area contributed by atoms with Crippen LogP contribution in [0.5, 0.6) is 0 Å². The van der Waals surface area contributed by atoms with E-state index in [4.69, 9.17) is 14.4 Å². The van der Waals surface area contributed by atoms with Crippen LogP contribution in [0.2, 0.25) is 0 Å². The minimum atomic E-state index is -0.0858. The van der Waals surface area contributed by atoms with Gasteiger partial charge < -0.3 is 4.42 Å². The average molecular weight is 591 g/mol. The fourth-order valence-electron chi connectivity index (χ4n) is 7.20. The number of hydrogen-bond donors (Lipinski definition) is 0. The van der Waals surface area contributed by atoms with Crippen molar-refractivity contribution in [2.24, 2.45) is 0 Å². The monoisotopic (exact) mass is 590 g/mol. The van der Waals surface area contributed by atoms with E-state index < -0.39 is 0 Å². The molecule has 3 nitrogen and oxygen atoms in total. The molecule has 2 heterocycles. The molecule has 46 heavy (non-hydrogen) atoms. The summed E-state index contributed by atoms with van der Waals surface area (Å²) >= 11 is 0. The van der Waals surface area contributed by atoms with Crippen molar-refractivity contribution in [2.75, 3.05) is 0 Å². The van der Waals surface area contributed by atoms with Gasteiger partial charge in [-0.3, -0.25) is 0 Å². The van der Waals surface area contributed by atoms with Gasteiger partial charge in [0, 0.05) is 38.4 Å². The molecular weight excluding hydrogens is 560 g/mol. The Morgan fingerprint density at radius 2 is 1.11 bits per heavy atom. The van der Waals surface area contributed by atoms with Crippen LogP contribution in [0.15, 0.2) is 150 Å². The second kappa shape index (κ2) is 10.1. The van der Waals surface area contributed by atoms with Crippen LogP contribution in [0.4, 0.5) is 0 Å². The second-order valence-corrected chi connectivity index (χ2v) is 12.6. The van der Waals surface area contributed by atoms with E-state index >= 15 is 0 Å². The first-order valence-electron chi connectivity index (χ1n) is 15.8. The third-order valence-electron chi connectivity index (χ3n) is 9.52. The highest BCUT2D eigenvalue weighted by molar-refractivity contribution is 6.16. The van der Waals surface area contributed by atoms with Gasteiger partial charge >= 0.3 is 0 Å². The van der Waals surface area contributed by atoms with Crippen molar-refractivity contribution in [1.29, 1.82) is 0 Å². The minimum Gasteiger partial charge on any atom is -0.455 e. The van der Waals surface area contributed by atoms with E-state index in [1.807, 2.05) is 42.5 Å². The Bertz CT molecular complexity index is 2380. The molecule has 0 bridgehead atoms. The lowest BCUT2D eigenvalue weighted by molar-refractivity contribution is 0.660. The van der Waals surface area contributed by atoms with Crippen LogP contribution in [0, 0.1) is 0 Å². The van der Waals surface area contributed by atoms with Crippen LogP contribution in [0.1, 0.15) is 25.0 Å². The quantitative estimate of drug-likeness (QED) is 0.205. The molecule has 0 N–H and O–H groups in total. The molecular formula is C43H30N2O. The third-order valence-corrected chi connectivity index (χ3v) is 9.52. The summed E-state index contributed by atoms with van der Waals surface area (Å²) in [7, 11) is 0. The number of para-hydroxylation sites is 1. The zero-order valence-corrected chi connectivity index (χ0v) is 25.7. The summed E-state index contributed by atoms with van der Waals surface area (Å²) < 4.78 is 6.72. The zero-order chi connectivity index (χ0) is 30.8. The largest absolute Gasteiger partial charge is 0.455 e. The SMILES string of the molecule is CC1(C)c2ccccc2-c2ccc(-c3ccc(-c4cc(-c5ccccc5)nc(-c5ccccc5)n4)c4c3oc3ccccc34)cc21. The first-order valence-corrected chi connectivity index (χ1v) is 15.8. The molecule has 0 atom stereocenters. The van der Waals surface area contributed by atoms with E-state index in [2.05, 4.69) is 117 Å². The standard InChI is InChI=1S/C43H30N2O/c1-43(2)35-19-11-9-17-31(35)32-22-21-29(25-36(32)43)30-23-24-33(40-34-18-10-12-20-39(34)46-41(30)40)38-26-37(27-13-5-3-6-14-27)44-42(45-38)28-15-7-4-8-16-28/h3-26H,1-2H3. The Kier molecular flexibility index (Phi) is 5.85. The second-order valence-electron chi connectivity index (χ2n) is 12.6. The first kappa shape index (κ1) is 26.6. The molecule has 0 spiro atoms. The summed E-state index contributed by atoms with van der Waals surface area (Å²) in [5.74, 6) is 0.697. The van der Waals surface area contributed by atoms with Gasteiger partial charge in [0.1, 0.15) is 11.2 Å². The van der Waals surface area contributed by atoms with E-state index in [-0.39, 0.29) is 5.41 Å². The highest BCUT2D eigenvalue weighted by Gasteiger charge is 2.35. The van der Waals surface area contributed by atoms with Crippen LogP contribution < -0.4 is 0 Å². The molecule has 0 amide bonds. The Balaban J connectivity index is 1.28. The Morgan fingerprint density at radius 1 is 0.478 bits per heavy atom. The smallest absolute Gasteiger partial charge is 0.160 e. The maximum absolute atomic E-state index is 6.72. The van der Waals surface area contributed by atoms with Gasteiger partial charge in [0.2, 0.25) is 0 Å². The molecule has 0 unspecified atom stereocenters. The van der Waals surface area contributed by atoms with Crippen molar-refractivity contribution < 1.29 is 4.42 Å². The molecule has 218 valence electrons. The minimum absolute atomic E-state index is 0.0858. The highest BCUT2D eigenvalue weighted by atomic mass is 16.3. The van der Waals surface area contributed by atoms with Crippen molar-refractivity contribution in [3.63, 3.8) is 0 Å². The van der Waals surface area contributed by atoms with Crippen LogP contribution in [-0.4, -0.2) is 9.97 Å². The van der Waals surface area contributed by atoms with Gasteiger partial charge in [-0.05, 0) is 52.1 Å². The summed E-state index contributed by atoms with van der Waals surface area (Å²) in [5, 5.41) is 2.14. The number of rotatable bonds is 4. The normalized spacial score (nSPS) is 13.2. The molecule has 0 fully saturated rings. The molecule has 1 aliphatic carbocycles. The van der Waals surface area contributed by atoms with Crippen LogP contribution in [-0.2, 0) is 5.41 Å². The van der Waals surface area contributed by atoms with Crippen molar-refractivity contribution in [3.8, 4) is 56.2 Å². The van der Waals surface area contributed by atoms with Crippen molar-refractivity contribution in [1.82, 2.24) is 9.97 Å². The fourth-order valence-corrected chi connectivity index (χ4v) is 7.20. The van der Waals surface area contributed by atoms with Crippen LogP contribution in [0.25, 0.3) is 78.1 Å². The molecule has 0 saturated carbocycles. The van der Waals surface area contributed by atoms with Crippen molar-refractivity contribution in [2.45, 2.75) is 19.3 Å². The van der Waals surface area contributed by atoms with Gasteiger partial charge in [-0.1, -0.05) is 135 Å². The number of hydrogen-bond acceptors (Lipinski definition) is 3. The van der Waals surface area contributed by atoms with Crippen molar-refractivity contribution in [3.05, 3.63) is 157 Å². The number of aromatic nitrogens is 2. The van der Waals surface area contributed by atoms with Gasteiger partial charge in [-0.15, -0.1) is 0 Å². The van der Waals surface area contributed by atoms with E-state index in [0.29, 0.717) is 5.82 Å². The Labute approximate surface area is 267 Å². The Hall–Kier alpha value is -5.80. The predicted octanol–water partition coefficient (Wildman–Crippen LogP) is 11.4. The summed E-state index contributed by atoms with van der Waals surface area (Å²) in [6, 6.07) is 51.0. The molecule has 2 aromatic heterocycles. The lowest BCUT2D eigenvalue weighted by Crippen LogP contribution is -2.14. The van der Waals surface area contributed by atoms with Crippen LogP contribution in [0.3, 0.4) is 0 Å². The van der Waals surface area contributed by atoms with Gasteiger partial charge in [-0.25, -0.2) is 9.97 Å². The van der Waals surface area contributed by atoms with E-state index in [1.165, 1.54) is 22.3 Å². The molecule has 8 aromatic rings. The molecule has 1 aliphatic rings. The highest BCUT2D eigenvalue weighted by Crippen LogP contribution is 2.50. The lowest BCUT2D eigenvalue weighted by Gasteiger charge is -2.22. The number of furan rings is 1. The number of benzene rings is 6. The van der Waals surface area contributed by atoms with Gasteiger partial charge in [-0.2, -0.15) is 0 Å². The molecule has 6 aromatic carbocycles. The van der Waals surface area contributed by atoms with E-state index in [9.17, 15) is 0 Å². The maximum Gasteiger partial charge on any atom is 0.160 e. The molecule has 3 heteroatoms. The first-order chi connectivity index (χ1) is 22.6. The van der Waals surface area contributed by atoms with Crippen LogP contribution >= 0.6 is 0 Å². The lowest BCUT2D eigenvalue weighted by atomic mass is 9.81.